The number of carbonyl (C=O) groups excluding carboxylic acids is 1. The lowest BCUT2D eigenvalue weighted by Gasteiger charge is -1.97. The summed E-state index contributed by atoms with van der Waals surface area (Å²) in [4.78, 5) is 28.4. The van der Waals surface area contributed by atoms with E-state index < -0.39 is 5.97 Å². The van der Waals surface area contributed by atoms with Gasteiger partial charge in [0, 0.05) is 11.5 Å². The molecule has 1 heterocycles. The molecule has 0 unspecified atom stereocenters. The molecule has 13 heavy (non-hydrogen) atoms. The van der Waals surface area contributed by atoms with E-state index in [9.17, 15) is 9.70 Å². The lowest BCUT2D eigenvalue weighted by Crippen LogP contribution is -2.01. The molecule has 0 radical (unpaired) electrons. The van der Waals surface area contributed by atoms with E-state index in [0.29, 0.717) is 11.0 Å². The van der Waals surface area contributed by atoms with E-state index in [0.717, 1.165) is 0 Å². The van der Waals surface area contributed by atoms with Crippen LogP contribution < -0.4 is 0 Å². The first-order chi connectivity index (χ1) is 6.27. The Bertz CT molecular complexity index is 329. The maximum absolute atomic E-state index is 11.0. The van der Waals surface area contributed by atoms with Crippen molar-refractivity contribution >= 4 is 21.9 Å². The van der Waals surface area contributed by atoms with Crippen LogP contribution in [-0.2, 0) is 10.2 Å². The minimum Gasteiger partial charge on any atom is -0.279 e. The number of rotatable bonds is 3. The van der Waals surface area contributed by atoms with Crippen molar-refractivity contribution in [3.05, 3.63) is 34.5 Å². The molecule has 68 valence electrons. The molecule has 6 heteroatoms. The van der Waals surface area contributed by atoms with Crippen molar-refractivity contribution in [1.82, 2.24) is 4.98 Å². The molecule has 0 saturated heterocycles. The molecule has 0 amide bonds. The van der Waals surface area contributed by atoms with Gasteiger partial charge in [0.2, 0.25) is 0 Å². The highest BCUT2D eigenvalue weighted by Crippen LogP contribution is 2.06. The highest BCUT2D eigenvalue weighted by atomic mass is 79.9. The minimum atomic E-state index is -0.778. The third-order valence-electron chi connectivity index (χ3n) is 1.31. The van der Waals surface area contributed by atoms with Gasteiger partial charge in [-0.25, -0.2) is 4.79 Å². The number of halogens is 1. The predicted molar refractivity (Wildman–Crippen MR) is 48.1 cm³/mol. The van der Waals surface area contributed by atoms with Crippen LogP contribution in [0.3, 0.4) is 0 Å². The summed E-state index contributed by atoms with van der Waals surface area (Å²) in [5, 5.41) is 2.57. The normalized spacial score (nSPS) is 9.31. The van der Waals surface area contributed by atoms with E-state index in [1.54, 1.807) is 0 Å². The Kier molecular flexibility index (Phi) is 3.51. The van der Waals surface area contributed by atoms with Crippen molar-refractivity contribution in [2.75, 3.05) is 0 Å². The van der Waals surface area contributed by atoms with Crippen molar-refractivity contribution in [1.29, 1.82) is 0 Å². The van der Waals surface area contributed by atoms with Gasteiger partial charge in [0.1, 0.15) is 0 Å². The molecule has 0 spiro atoms. The van der Waals surface area contributed by atoms with Crippen LogP contribution in [0.1, 0.15) is 16.1 Å². The Hall–Kier alpha value is -1.30. The van der Waals surface area contributed by atoms with E-state index in [1.807, 2.05) is 5.34 Å². The molecule has 0 aliphatic rings. The Morgan fingerprint density at radius 2 is 2.46 bits per heavy atom. The molecule has 0 atom stereocenters. The number of carbonyl (C=O) groups is 1. The van der Waals surface area contributed by atoms with Gasteiger partial charge >= 0.3 is 5.97 Å². The number of aromatic nitrogens is 1. The van der Waals surface area contributed by atoms with Gasteiger partial charge in [0.15, 0.2) is 5.34 Å². The molecule has 0 aromatic carbocycles. The number of alkyl halides is 1. The van der Waals surface area contributed by atoms with Crippen molar-refractivity contribution < 1.29 is 9.63 Å². The fourth-order valence-corrected chi connectivity index (χ4v) is 1.07. The summed E-state index contributed by atoms with van der Waals surface area (Å²) in [5.41, 5.74) is 0.935. The quantitative estimate of drug-likeness (QED) is 0.462. The molecular formula is C7H5BrN2O3. The second-order valence-corrected chi connectivity index (χ2v) is 2.68. The second kappa shape index (κ2) is 4.66. The third-order valence-corrected chi connectivity index (χ3v) is 1.88. The Labute approximate surface area is 82.2 Å². The van der Waals surface area contributed by atoms with E-state index in [2.05, 4.69) is 25.8 Å². The van der Waals surface area contributed by atoms with E-state index >= 15 is 0 Å². The van der Waals surface area contributed by atoms with Crippen LogP contribution in [0.4, 0.5) is 0 Å². The topological polar surface area (TPSA) is 68.6 Å². The first-order valence-electron chi connectivity index (χ1n) is 3.33. The van der Waals surface area contributed by atoms with Crippen molar-refractivity contribution in [2.45, 2.75) is 5.33 Å². The largest absolute Gasteiger partial charge is 0.369 e. The zero-order valence-electron chi connectivity index (χ0n) is 6.44. The maximum atomic E-state index is 11.0. The van der Waals surface area contributed by atoms with Crippen molar-refractivity contribution in [3.63, 3.8) is 0 Å². The van der Waals surface area contributed by atoms with Crippen molar-refractivity contribution in [2.24, 2.45) is 5.34 Å². The van der Waals surface area contributed by atoms with Crippen LogP contribution in [0.5, 0.6) is 0 Å². The third kappa shape index (κ3) is 2.59. The summed E-state index contributed by atoms with van der Waals surface area (Å²) in [6.45, 7) is 0. The Balaban J connectivity index is 2.87. The molecule has 0 bridgehead atoms. The molecule has 1 aromatic heterocycles. The second-order valence-electron chi connectivity index (χ2n) is 2.12. The molecule has 1 rings (SSSR count). The maximum Gasteiger partial charge on any atom is 0.369 e. The number of hydrogen-bond acceptors (Lipinski definition) is 5. The molecule has 0 N–H and O–H groups in total. The minimum absolute atomic E-state index is 0.254. The summed E-state index contributed by atoms with van der Waals surface area (Å²) in [6, 6.07) is 2.96. The van der Waals surface area contributed by atoms with Crippen molar-refractivity contribution in [3.8, 4) is 0 Å². The monoisotopic (exact) mass is 244 g/mol. The summed E-state index contributed by atoms with van der Waals surface area (Å²) < 4.78 is 0. The summed E-state index contributed by atoms with van der Waals surface area (Å²) in [6.07, 6.45) is 1.46. The van der Waals surface area contributed by atoms with Gasteiger partial charge in [-0.05, 0) is 12.1 Å². The summed E-state index contributed by atoms with van der Waals surface area (Å²) in [7, 11) is 0. The van der Waals surface area contributed by atoms with Crippen LogP contribution in [0.15, 0.2) is 23.7 Å². The predicted octanol–water partition coefficient (Wildman–Crippen LogP) is 1.81. The average molecular weight is 245 g/mol. The smallest absolute Gasteiger partial charge is 0.279 e. The summed E-state index contributed by atoms with van der Waals surface area (Å²) >= 11 is 3.18. The number of nitrogens with zero attached hydrogens (tertiary/aromatic N) is 2. The van der Waals surface area contributed by atoms with Crippen LogP contribution in [0, 0.1) is 4.91 Å². The first-order valence-corrected chi connectivity index (χ1v) is 4.45. The molecular weight excluding hydrogens is 240 g/mol. The Morgan fingerprint density at radius 3 is 3.08 bits per heavy atom. The fraction of sp³-hybridized carbons (Fsp3) is 0.143. The first kappa shape index (κ1) is 9.79. The molecule has 0 fully saturated rings. The van der Waals surface area contributed by atoms with Gasteiger partial charge in [-0.3, -0.25) is 9.82 Å². The zero-order chi connectivity index (χ0) is 9.68. The fourth-order valence-electron chi connectivity index (χ4n) is 0.765. The van der Waals surface area contributed by atoms with Crippen LogP contribution >= 0.6 is 15.9 Å². The SMILES string of the molecule is O=NOC(=O)c1ccnc(CBr)c1. The molecule has 5 nitrogen and oxygen atoms in total. The number of pyridine rings is 1. The molecule has 0 saturated carbocycles. The molecule has 1 aromatic rings. The molecule has 0 aliphatic carbocycles. The Morgan fingerprint density at radius 1 is 1.69 bits per heavy atom. The van der Waals surface area contributed by atoms with E-state index in [-0.39, 0.29) is 5.56 Å². The van der Waals surface area contributed by atoms with Gasteiger partial charge in [0.25, 0.3) is 0 Å². The highest BCUT2D eigenvalue weighted by Gasteiger charge is 2.08. The number of hydrogen-bond donors (Lipinski definition) is 0. The van der Waals surface area contributed by atoms with Gasteiger partial charge in [-0.15, -0.1) is 4.91 Å². The molecule has 0 aliphatic heterocycles. The van der Waals surface area contributed by atoms with Crippen LogP contribution in [-0.4, -0.2) is 11.0 Å². The lowest BCUT2D eigenvalue weighted by molar-refractivity contribution is 0.0508. The van der Waals surface area contributed by atoms with Crippen LogP contribution in [0.25, 0.3) is 0 Å². The zero-order valence-corrected chi connectivity index (χ0v) is 8.02. The van der Waals surface area contributed by atoms with Gasteiger partial charge in [0.05, 0.1) is 11.3 Å². The lowest BCUT2D eigenvalue weighted by atomic mass is 10.2. The van der Waals surface area contributed by atoms with E-state index in [4.69, 9.17) is 0 Å². The standard InChI is InChI=1S/C7H5BrN2O3/c8-4-6-3-5(1-2-9-6)7(11)13-10-12/h1-3H,4H2. The van der Waals surface area contributed by atoms with E-state index in [1.165, 1.54) is 18.3 Å². The average Bonchev–Trinajstić information content (AvgIpc) is 2.18. The van der Waals surface area contributed by atoms with Gasteiger partial charge in [-0.1, -0.05) is 15.9 Å². The highest BCUT2D eigenvalue weighted by molar-refractivity contribution is 9.08. The summed E-state index contributed by atoms with van der Waals surface area (Å²) in [5.74, 6) is -0.778. The van der Waals surface area contributed by atoms with Gasteiger partial charge in [-0.2, -0.15) is 0 Å². The van der Waals surface area contributed by atoms with Crippen LogP contribution in [0.2, 0.25) is 0 Å². The van der Waals surface area contributed by atoms with Gasteiger partial charge < -0.3 is 0 Å².